The molecular weight excluding hydrogens is 178 g/mol. The van der Waals surface area contributed by atoms with Crippen molar-refractivity contribution < 1.29 is 0 Å². The van der Waals surface area contributed by atoms with E-state index in [-0.39, 0.29) is 11.6 Å². The summed E-state index contributed by atoms with van der Waals surface area (Å²) >= 11 is 0. The number of aromatic amines is 1. The second kappa shape index (κ2) is 4.93. The van der Waals surface area contributed by atoms with Crippen LogP contribution in [0.1, 0.15) is 5.56 Å². The van der Waals surface area contributed by atoms with Crippen LogP contribution in [0.3, 0.4) is 0 Å². The number of nitrogens with one attached hydrogen (secondary N) is 1. The molecule has 0 saturated carbocycles. The summed E-state index contributed by atoms with van der Waals surface area (Å²) < 4.78 is 0. The van der Waals surface area contributed by atoms with Crippen molar-refractivity contribution in [1.29, 1.82) is 0 Å². The van der Waals surface area contributed by atoms with Crippen LogP contribution in [0.4, 0.5) is 0 Å². The van der Waals surface area contributed by atoms with Crippen molar-refractivity contribution >= 4 is 0 Å². The molecule has 0 saturated heterocycles. The Bertz CT molecular complexity index is 332. The van der Waals surface area contributed by atoms with E-state index in [1.54, 1.807) is 12.3 Å². The van der Waals surface area contributed by atoms with Gasteiger partial charge in [0, 0.05) is 24.8 Å². The first-order valence-corrected chi connectivity index (χ1v) is 4.67. The lowest BCUT2D eigenvalue weighted by Gasteiger charge is -2.22. The molecule has 4 nitrogen and oxygen atoms in total. The van der Waals surface area contributed by atoms with Gasteiger partial charge >= 0.3 is 0 Å². The quantitative estimate of drug-likeness (QED) is 0.700. The van der Waals surface area contributed by atoms with E-state index >= 15 is 0 Å². The zero-order valence-corrected chi connectivity index (χ0v) is 8.66. The first-order valence-electron chi connectivity index (χ1n) is 4.67. The van der Waals surface area contributed by atoms with Gasteiger partial charge in [-0.2, -0.15) is 0 Å². The molecule has 0 radical (unpaired) electrons. The van der Waals surface area contributed by atoms with Gasteiger partial charge in [0.15, 0.2) is 0 Å². The molecule has 0 fully saturated rings. The van der Waals surface area contributed by atoms with Gasteiger partial charge in [0.2, 0.25) is 5.56 Å². The zero-order chi connectivity index (χ0) is 10.6. The van der Waals surface area contributed by atoms with E-state index in [0.29, 0.717) is 6.54 Å². The average molecular weight is 195 g/mol. The molecule has 1 heterocycles. The van der Waals surface area contributed by atoms with Crippen LogP contribution in [0.2, 0.25) is 0 Å². The van der Waals surface area contributed by atoms with E-state index in [2.05, 4.69) is 9.88 Å². The van der Waals surface area contributed by atoms with Crippen LogP contribution >= 0.6 is 0 Å². The van der Waals surface area contributed by atoms with Gasteiger partial charge in [-0.05, 0) is 32.1 Å². The molecule has 0 spiro atoms. The normalized spacial score (nSPS) is 13.1. The van der Waals surface area contributed by atoms with Gasteiger partial charge in [-0.1, -0.05) is 0 Å². The van der Waals surface area contributed by atoms with Crippen molar-refractivity contribution in [3.63, 3.8) is 0 Å². The second-order valence-corrected chi connectivity index (χ2v) is 3.62. The molecule has 1 aromatic heterocycles. The number of hydrogen-bond acceptors (Lipinski definition) is 3. The molecular formula is C10H17N3O. The summed E-state index contributed by atoms with van der Waals surface area (Å²) in [5.74, 6) is 0. The Hall–Kier alpha value is -1.13. The minimum atomic E-state index is -0.0583. The minimum absolute atomic E-state index is 0.0583. The molecule has 4 heteroatoms. The lowest BCUT2D eigenvalue weighted by molar-refractivity contribution is 0.298. The fourth-order valence-electron chi connectivity index (χ4n) is 1.36. The average Bonchev–Trinajstić information content (AvgIpc) is 2.14. The Balaban J connectivity index is 2.72. The number of likely N-dealkylation sites (N-methyl/N-ethyl adjacent to an activating group) is 1. The van der Waals surface area contributed by atoms with Gasteiger partial charge in [-0.3, -0.25) is 4.79 Å². The molecule has 3 N–H and O–H groups in total. The summed E-state index contributed by atoms with van der Waals surface area (Å²) in [6.45, 7) is 0.597. The number of pyridine rings is 1. The number of nitrogens with two attached hydrogens (primary N) is 1. The van der Waals surface area contributed by atoms with Crippen molar-refractivity contribution in [2.45, 2.75) is 12.5 Å². The van der Waals surface area contributed by atoms with Crippen LogP contribution in [0.5, 0.6) is 0 Å². The first kappa shape index (κ1) is 10.9. The van der Waals surface area contributed by atoms with Crippen molar-refractivity contribution in [3.05, 3.63) is 34.2 Å². The molecule has 14 heavy (non-hydrogen) atoms. The van der Waals surface area contributed by atoms with E-state index in [1.165, 1.54) is 0 Å². The Morgan fingerprint density at radius 2 is 2.29 bits per heavy atom. The third-order valence-electron chi connectivity index (χ3n) is 2.31. The van der Waals surface area contributed by atoms with Gasteiger partial charge in [-0.15, -0.1) is 0 Å². The predicted molar refractivity (Wildman–Crippen MR) is 57.3 cm³/mol. The Morgan fingerprint density at radius 1 is 1.57 bits per heavy atom. The van der Waals surface area contributed by atoms with E-state index in [9.17, 15) is 4.79 Å². The lowest BCUT2D eigenvalue weighted by atomic mass is 10.1. The highest BCUT2D eigenvalue weighted by Gasteiger charge is 2.09. The summed E-state index contributed by atoms with van der Waals surface area (Å²) in [6.07, 6.45) is 2.48. The number of nitrogens with zero attached hydrogens (tertiary/aromatic N) is 1. The molecule has 78 valence electrons. The Morgan fingerprint density at radius 3 is 2.79 bits per heavy atom. The molecule has 1 aromatic rings. The second-order valence-electron chi connectivity index (χ2n) is 3.62. The number of rotatable bonds is 4. The SMILES string of the molecule is CN(C)C(CN)Cc1cc[nH]c(=O)c1. The number of aromatic nitrogens is 1. The predicted octanol–water partition coefficient (Wildman–Crippen LogP) is -0.194. The molecule has 0 aliphatic heterocycles. The van der Waals surface area contributed by atoms with Crippen LogP contribution in [0, 0.1) is 0 Å². The van der Waals surface area contributed by atoms with E-state index in [4.69, 9.17) is 5.73 Å². The van der Waals surface area contributed by atoms with Crippen molar-refractivity contribution in [2.75, 3.05) is 20.6 Å². The van der Waals surface area contributed by atoms with Crippen LogP contribution in [0.25, 0.3) is 0 Å². The molecule has 0 aliphatic carbocycles. The van der Waals surface area contributed by atoms with Gasteiger partial charge in [0.05, 0.1) is 0 Å². The molecule has 0 aromatic carbocycles. The van der Waals surface area contributed by atoms with E-state index in [0.717, 1.165) is 12.0 Å². The van der Waals surface area contributed by atoms with Crippen LogP contribution < -0.4 is 11.3 Å². The van der Waals surface area contributed by atoms with Crippen LogP contribution in [-0.2, 0) is 6.42 Å². The maximum absolute atomic E-state index is 11.0. The lowest BCUT2D eigenvalue weighted by Crippen LogP contribution is -2.37. The van der Waals surface area contributed by atoms with E-state index in [1.807, 2.05) is 20.2 Å². The summed E-state index contributed by atoms with van der Waals surface area (Å²) in [5, 5.41) is 0. The van der Waals surface area contributed by atoms with Crippen molar-refractivity contribution in [2.24, 2.45) is 5.73 Å². The highest BCUT2D eigenvalue weighted by atomic mass is 16.1. The zero-order valence-electron chi connectivity index (χ0n) is 8.66. The summed E-state index contributed by atoms with van der Waals surface area (Å²) in [6, 6.07) is 3.82. The Labute approximate surface area is 83.7 Å². The van der Waals surface area contributed by atoms with Gasteiger partial charge in [0.25, 0.3) is 0 Å². The minimum Gasteiger partial charge on any atom is -0.329 e. The summed E-state index contributed by atoms with van der Waals surface area (Å²) in [5.41, 5.74) is 6.60. The van der Waals surface area contributed by atoms with Crippen LogP contribution in [0.15, 0.2) is 23.1 Å². The third kappa shape index (κ3) is 2.97. The fraction of sp³-hybridized carbons (Fsp3) is 0.500. The maximum atomic E-state index is 11.0. The largest absolute Gasteiger partial charge is 0.329 e. The van der Waals surface area contributed by atoms with Gasteiger partial charge in [0.1, 0.15) is 0 Å². The summed E-state index contributed by atoms with van der Waals surface area (Å²) in [7, 11) is 3.98. The Kier molecular flexibility index (Phi) is 3.85. The highest BCUT2D eigenvalue weighted by Crippen LogP contribution is 2.02. The molecule has 0 aliphatic rings. The van der Waals surface area contributed by atoms with Crippen molar-refractivity contribution in [1.82, 2.24) is 9.88 Å². The topological polar surface area (TPSA) is 62.1 Å². The smallest absolute Gasteiger partial charge is 0.248 e. The molecule has 0 amide bonds. The third-order valence-corrected chi connectivity index (χ3v) is 2.31. The maximum Gasteiger partial charge on any atom is 0.248 e. The fourth-order valence-corrected chi connectivity index (χ4v) is 1.36. The first-order chi connectivity index (χ1) is 6.63. The molecule has 0 bridgehead atoms. The molecule has 1 rings (SSSR count). The molecule has 1 unspecified atom stereocenters. The van der Waals surface area contributed by atoms with Gasteiger partial charge in [-0.25, -0.2) is 0 Å². The standard InChI is InChI=1S/C10H17N3O/c1-13(2)9(7-11)5-8-3-4-12-10(14)6-8/h3-4,6,9H,5,7,11H2,1-2H3,(H,12,14). The molecule has 1 atom stereocenters. The van der Waals surface area contributed by atoms with Crippen molar-refractivity contribution in [3.8, 4) is 0 Å². The summed E-state index contributed by atoms with van der Waals surface area (Å²) in [4.78, 5) is 15.7. The highest BCUT2D eigenvalue weighted by molar-refractivity contribution is 5.11. The number of hydrogen-bond donors (Lipinski definition) is 2. The monoisotopic (exact) mass is 195 g/mol. The van der Waals surface area contributed by atoms with Crippen LogP contribution in [-0.4, -0.2) is 36.6 Å². The van der Waals surface area contributed by atoms with E-state index < -0.39 is 0 Å². The van der Waals surface area contributed by atoms with Gasteiger partial charge < -0.3 is 15.6 Å². The number of H-pyrrole nitrogens is 1.